The molecule has 0 atom stereocenters. The van der Waals surface area contributed by atoms with Gasteiger partial charge in [-0.3, -0.25) is 4.79 Å². The van der Waals surface area contributed by atoms with Gasteiger partial charge < -0.3 is 16.0 Å². The zero-order valence-corrected chi connectivity index (χ0v) is 13.1. The van der Waals surface area contributed by atoms with Crippen LogP contribution in [-0.2, 0) is 0 Å². The van der Waals surface area contributed by atoms with Gasteiger partial charge in [0.1, 0.15) is 21.5 Å². The molecule has 0 unspecified atom stereocenters. The van der Waals surface area contributed by atoms with Crippen molar-refractivity contribution in [1.82, 2.24) is 5.32 Å². The number of amides is 1. The van der Waals surface area contributed by atoms with Gasteiger partial charge in [-0.25, -0.2) is 0 Å². The van der Waals surface area contributed by atoms with Crippen molar-refractivity contribution in [3.05, 3.63) is 10.4 Å². The molecule has 0 aromatic carbocycles. The van der Waals surface area contributed by atoms with E-state index in [0.717, 1.165) is 30.9 Å². The predicted octanol–water partition coefficient (Wildman–Crippen LogP) is 2.58. The highest BCUT2D eigenvalue weighted by Gasteiger charge is 2.23. The lowest BCUT2D eigenvalue weighted by Crippen LogP contribution is -2.24. The minimum absolute atomic E-state index is 0.203. The largest absolute Gasteiger partial charge is 0.396 e. The molecule has 1 rings (SSSR count). The minimum Gasteiger partial charge on any atom is -0.396 e. The molecule has 0 saturated carbocycles. The molecule has 6 heteroatoms. The second-order valence-corrected chi connectivity index (χ2v) is 5.48. The average Bonchev–Trinajstić information content (AvgIpc) is 2.75. The average molecular weight is 294 g/mol. The van der Waals surface area contributed by atoms with Crippen LogP contribution in [0.25, 0.3) is 0 Å². The zero-order valence-electron chi connectivity index (χ0n) is 12.3. The second kappa shape index (κ2) is 7.75. The number of nitrogens with one attached hydrogen (secondary N) is 1. The topological polar surface area (TPSA) is 82.2 Å². The van der Waals surface area contributed by atoms with Crippen LogP contribution in [0.2, 0.25) is 0 Å². The van der Waals surface area contributed by atoms with E-state index in [1.165, 1.54) is 11.3 Å². The molecule has 0 aliphatic carbocycles. The first kappa shape index (κ1) is 16.3. The summed E-state index contributed by atoms with van der Waals surface area (Å²) in [6, 6.07) is 2.14. The summed E-state index contributed by atoms with van der Waals surface area (Å²) in [4.78, 5) is 14.6. The van der Waals surface area contributed by atoms with Crippen LogP contribution in [-0.4, -0.2) is 25.5 Å². The molecule has 5 nitrogen and oxygen atoms in total. The molecule has 1 amide bonds. The highest BCUT2D eigenvalue weighted by atomic mass is 32.1. The highest BCUT2D eigenvalue weighted by molar-refractivity contribution is 7.19. The van der Waals surface area contributed by atoms with Crippen molar-refractivity contribution in [3.8, 4) is 6.07 Å². The number of nitrogen functional groups attached to an aromatic ring is 1. The van der Waals surface area contributed by atoms with Gasteiger partial charge >= 0.3 is 0 Å². The molecular weight excluding hydrogens is 272 g/mol. The van der Waals surface area contributed by atoms with Crippen LogP contribution in [0.4, 0.5) is 10.7 Å². The van der Waals surface area contributed by atoms with E-state index in [2.05, 4.69) is 30.1 Å². The lowest BCUT2D eigenvalue weighted by atomic mass is 10.2. The summed E-state index contributed by atoms with van der Waals surface area (Å²) in [6.45, 7) is 8.30. The van der Waals surface area contributed by atoms with Crippen LogP contribution in [0, 0.1) is 11.3 Å². The quantitative estimate of drug-likeness (QED) is 0.809. The maximum Gasteiger partial charge on any atom is 0.263 e. The zero-order chi connectivity index (χ0) is 15.1. The van der Waals surface area contributed by atoms with E-state index < -0.39 is 0 Å². The van der Waals surface area contributed by atoms with Crippen molar-refractivity contribution in [2.24, 2.45) is 0 Å². The molecule has 0 aliphatic heterocycles. The molecule has 1 heterocycles. The maximum atomic E-state index is 12.0. The van der Waals surface area contributed by atoms with Crippen LogP contribution >= 0.6 is 11.3 Å². The molecule has 110 valence electrons. The van der Waals surface area contributed by atoms with Crippen molar-refractivity contribution >= 4 is 27.9 Å². The van der Waals surface area contributed by atoms with E-state index in [4.69, 9.17) is 5.73 Å². The van der Waals surface area contributed by atoms with Gasteiger partial charge in [0.05, 0.1) is 5.69 Å². The van der Waals surface area contributed by atoms with E-state index >= 15 is 0 Å². The number of hydrogen-bond donors (Lipinski definition) is 2. The fraction of sp³-hybridized carbons (Fsp3) is 0.571. The van der Waals surface area contributed by atoms with Gasteiger partial charge in [-0.2, -0.15) is 5.26 Å². The van der Waals surface area contributed by atoms with Gasteiger partial charge in [-0.1, -0.05) is 13.8 Å². The van der Waals surface area contributed by atoms with Crippen LogP contribution in [0.3, 0.4) is 0 Å². The molecule has 20 heavy (non-hydrogen) atoms. The number of nitrogens with zero attached hydrogens (tertiary/aromatic N) is 2. The summed E-state index contributed by atoms with van der Waals surface area (Å²) in [5, 5.41) is 12.9. The summed E-state index contributed by atoms with van der Waals surface area (Å²) in [5.41, 5.74) is 6.71. The Balaban J connectivity index is 3.22. The number of nitrogens with two attached hydrogens (primary N) is 1. The van der Waals surface area contributed by atoms with Crippen molar-refractivity contribution < 1.29 is 4.79 Å². The predicted molar refractivity (Wildman–Crippen MR) is 84.2 cm³/mol. The Labute approximate surface area is 124 Å². The first-order valence-electron chi connectivity index (χ1n) is 6.96. The highest BCUT2D eigenvalue weighted by Crippen LogP contribution is 2.38. The van der Waals surface area contributed by atoms with E-state index in [0.29, 0.717) is 22.7 Å². The number of carbonyl (C=O) groups excluding carboxylic acids is 1. The molecule has 1 aromatic heterocycles. The van der Waals surface area contributed by atoms with Crippen molar-refractivity contribution in [1.29, 1.82) is 5.26 Å². The lowest BCUT2D eigenvalue weighted by molar-refractivity contribution is 0.0960. The van der Waals surface area contributed by atoms with Gasteiger partial charge in [0.2, 0.25) is 0 Å². The molecular formula is C14H22N4OS. The monoisotopic (exact) mass is 294 g/mol. The Morgan fingerprint density at radius 2 is 1.95 bits per heavy atom. The smallest absolute Gasteiger partial charge is 0.263 e. The number of anilines is 2. The molecule has 0 saturated heterocycles. The van der Waals surface area contributed by atoms with Crippen LogP contribution in [0.15, 0.2) is 0 Å². The number of nitriles is 1. The van der Waals surface area contributed by atoms with Gasteiger partial charge in [0.15, 0.2) is 0 Å². The van der Waals surface area contributed by atoms with E-state index in [9.17, 15) is 10.1 Å². The van der Waals surface area contributed by atoms with E-state index in [1.54, 1.807) is 0 Å². The lowest BCUT2D eigenvalue weighted by Gasteiger charge is -2.22. The van der Waals surface area contributed by atoms with Crippen molar-refractivity contribution in [2.45, 2.75) is 33.6 Å². The Morgan fingerprint density at radius 3 is 2.40 bits per heavy atom. The first-order chi connectivity index (χ1) is 9.60. The molecule has 0 spiro atoms. The summed E-state index contributed by atoms with van der Waals surface area (Å²) in [5.74, 6) is -0.203. The third-order valence-electron chi connectivity index (χ3n) is 2.86. The SMILES string of the molecule is CCCN(CCC)c1sc(C(=O)NCC)c(N)c1C#N. The Hall–Kier alpha value is -1.74. The fourth-order valence-corrected chi connectivity index (χ4v) is 3.17. The molecule has 0 bridgehead atoms. The summed E-state index contributed by atoms with van der Waals surface area (Å²) in [6.07, 6.45) is 1.97. The Morgan fingerprint density at radius 1 is 1.35 bits per heavy atom. The number of hydrogen-bond acceptors (Lipinski definition) is 5. The molecule has 3 N–H and O–H groups in total. The number of rotatable bonds is 7. The Bertz CT molecular complexity index is 498. The third kappa shape index (κ3) is 3.42. The van der Waals surface area contributed by atoms with Crippen LogP contribution in [0.5, 0.6) is 0 Å². The molecule has 0 aliphatic rings. The number of thiophene rings is 1. The summed E-state index contributed by atoms with van der Waals surface area (Å²) < 4.78 is 0. The van der Waals surface area contributed by atoms with E-state index in [1.807, 2.05) is 6.92 Å². The standard InChI is InChI=1S/C14H22N4OS/c1-4-7-18(8-5-2)14-10(9-15)11(16)12(20-14)13(19)17-6-3/h4-8,16H2,1-3H3,(H,17,19). The molecule has 0 radical (unpaired) electrons. The van der Waals surface area contributed by atoms with E-state index in [-0.39, 0.29) is 5.91 Å². The van der Waals surface area contributed by atoms with Gasteiger partial charge in [0.25, 0.3) is 5.91 Å². The van der Waals surface area contributed by atoms with Gasteiger partial charge in [-0.05, 0) is 19.8 Å². The fourth-order valence-electron chi connectivity index (χ4n) is 2.03. The van der Waals surface area contributed by atoms with Gasteiger partial charge in [-0.15, -0.1) is 11.3 Å². The third-order valence-corrected chi connectivity index (χ3v) is 4.12. The van der Waals surface area contributed by atoms with Crippen LogP contribution in [0.1, 0.15) is 48.8 Å². The number of carbonyl (C=O) groups is 1. The summed E-state index contributed by atoms with van der Waals surface area (Å²) >= 11 is 1.31. The second-order valence-electron chi connectivity index (χ2n) is 4.48. The van der Waals surface area contributed by atoms with Crippen molar-refractivity contribution in [2.75, 3.05) is 30.3 Å². The molecule has 1 aromatic rings. The minimum atomic E-state index is -0.203. The van der Waals surface area contributed by atoms with Crippen LogP contribution < -0.4 is 16.0 Å². The summed E-state index contributed by atoms with van der Waals surface area (Å²) in [7, 11) is 0. The normalized spacial score (nSPS) is 10.1. The first-order valence-corrected chi connectivity index (χ1v) is 7.77. The van der Waals surface area contributed by atoms with Crippen molar-refractivity contribution in [3.63, 3.8) is 0 Å². The Kier molecular flexibility index (Phi) is 6.32. The molecule has 0 fully saturated rings. The maximum absolute atomic E-state index is 12.0. The van der Waals surface area contributed by atoms with Gasteiger partial charge in [0, 0.05) is 19.6 Å².